The molecule has 1 aromatic carbocycles. The standard InChI is InChI=1S/C15H14FN3/c1-2-9-19-14(17)13(18-15(19)11-3-4-11)10-5-7-12(16)8-6-10/h1,5-8,11H,3-4,9,17H2. The van der Waals surface area contributed by atoms with Crippen LogP contribution in [-0.2, 0) is 6.54 Å². The van der Waals surface area contributed by atoms with Gasteiger partial charge < -0.3 is 10.3 Å². The van der Waals surface area contributed by atoms with Crippen molar-refractivity contribution in [1.29, 1.82) is 0 Å². The van der Waals surface area contributed by atoms with Gasteiger partial charge >= 0.3 is 0 Å². The molecule has 1 aromatic heterocycles. The SMILES string of the molecule is C#CCn1c(C2CC2)nc(-c2ccc(F)cc2)c1N. The molecule has 0 unspecified atom stereocenters. The second-order valence-electron chi connectivity index (χ2n) is 4.78. The van der Waals surface area contributed by atoms with Gasteiger partial charge in [0.1, 0.15) is 23.2 Å². The lowest BCUT2D eigenvalue weighted by Gasteiger charge is -2.04. The zero-order chi connectivity index (χ0) is 13.4. The van der Waals surface area contributed by atoms with Crippen molar-refractivity contribution in [3.63, 3.8) is 0 Å². The second-order valence-corrected chi connectivity index (χ2v) is 4.78. The maximum absolute atomic E-state index is 13.0. The topological polar surface area (TPSA) is 43.8 Å². The molecule has 2 aromatic rings. The molecule has 3 rings (SSSR count). The number of aromatic nitrogens is 2. The number of hydrogen-bond donors (Lipinski definition) is 1. The van der Waals surface area contributed by atoms with Crippen LogP contribution in [0.15, 0.2) is 24.3 Å². The molecule has 0 amide bonds. The molecule has 1 fully saturated rings. The number of rotatable bonds is 3. The first-order chi connectivity index (χ1) is 9.20. The number of benzene rings is 1. The van der Waals surface area contributed by atoms with E-state index in [2.05, 4.69) is 10.9 Å². The number of nitrogen functional groups attached to an aromatic ring is 1. The van der Waals surface area contributed by atoms with Gasteiger partial charge in [0, 0.05) is 11.5 Å². The molecule has 4 heteroatoms. The van der Waals surface area contributed by atoms with Gasteiger partial charge in [-0.05, 0) is 37.1 Å². The monoisotopic (exact) mass is 255 g/mol. The van der Waals surface area contributed by atoms with Gasteiger partial charge in [0.2, 0.25) is 0 Å². The van der Waals surface area contributed by atoms with Crippen LogP contribution in [0.2, 0.25) is 0 Å². The lowest BCUT2D eigenvalue weighted by atomic mass is 10.1. The predicted molar refractivity (Wildman–Crippen MR) is 72.8 cm³/mol. The van der Waals surface area contributed by atoms with Crippen LogP contribution in [-0.4, -0.2) is 9.55 Å². The van der Waals surface area contributed by atoms with Crippen LogP contribution in [0.4, 0.5) is 10.2 Å². The largest absolute Gasteiger partial charge is 0.383 e. The molecule has 1 aliphatic rings. The molecule has 0 atom stereocenters. The van der Waals surface area contributed by atoms with Crippen LogP contribution in [0.1, 0.15) is 24.6 Å². The summed E-state index contributed by atoms with van der Waals surface area (Å²) in [5.74, 6) is 4.31. The van der Waals surface area contributed by atoms with E-state index in [-0.39, 0.29) is 5.82 Å². The van der Waals surface area contributed by atoms with E-state index in [9.17, 15) is 4.39 Å². The molecule has 19 heavy (non-hydrogen) atoms. The Labute approximate surface area is 111 Å². The summed E-state index contributed by atoms with van der Waals surface area (Å²) in [7, 11) is 0. The van der Waals surface area contributed by atoms with Crippen molar-refractivity contribution >= 4 is 5.82 Å². The maximum atomic E-state index is 13.0. The van der Waals surface area contributed by atoms with Gasteiger partial charge in [-0.1, -0.05) is 5.92 Å². The average molecular weight is 255 g/mol. The minimum atomic E-state index is -0.271. The van der Waals surface area contributed by atoms with Gasteiger partial charge in [-0.15, -0.1) is 6.42 Å². The summed E-state index contributed by atoms with van der Waals surface area (Å²) < 4.78 is 14.8. The molecule has 1 aliphatic carbocycles. The molecule has 3 nitrogen and oxygen atoms in total. The van der Waals surface area contributed by atoms with Crippen molar-refractivity contribution in [2.45, 2.75) is 25.3 Å². The van der Waals surface area contributed by atoms with Crippen LogP contribution in [0.3, 0.4) is 0 Å². The van der Waals surface area contributed by atoms with Gasteiger partial charge in [0.25, 0.3) is 0 Å². The fourth-order valence-corrected chi connectivity index (χ4v) is 2.21. The molecule has 0 spiro atoms. The van der Waals surface area contributed by atoms with Gasteiger partial charge in [0.15, 0.2) is 0 Å². The fourth-order valence-electron chi connectivity index (χ4n) is 2.21. The van der Waals surface area contributed by atoms with E-state index in [0.29, 0.717) is 24.0 Å². The molecule has 0 bridgehead atoms. The Morgan fingerprint density at radius 1 is 1.37 bits per heavy atom. The zero-order valence-electron chi connectivity index (χ0n) is 10.4. The average Bonchev–Trinajstić information content (AvgIpc) is 3.19. The Hall–Kier alpha value is -2.28. The third kappa shape index (κ3) is 2.08. The second kappa shape index (κ2) is 4.43. The first-order valence-corrected chi connectivity index (χ1v) is 6.26. The van der Waals surface area contributed by atoms with Crippen LogP contribution in [0.25, 0.3) is 11.3 Å². The molecule has 1 heterocycles. The molecule has 0 aliphatic heterocycles. The highest BCUT2D eigenvalue weighted by molar-refractivity contribution is 5.71. The van der Waals surface area contributed by atoms with E-state index in [0.717, 1.165) is 24.2 Å². The van der Waals surface area contributed by atoms with Crippen LogP contribution >= 0.6 is 0 Å². The van der Waals surface area contributed by atoms with E-state index in [1.54, 1.807) is 12.1 Å². The molecule has 0 radical (unpaired) electrons. The van der Waals surface area contributed by atoms with E-state index in [1.165, 1.54) is 12.1 Å². The maximum Gasteiger partial charge on any atom is 0.132 e. The molecule has 1 saturated carbocycles. The Morgan fingerprint density at radius 3 is 2.63 bits per heavy atom. The first-order valence-electron chi connectivity index (χ1n) is 6.26. The van der Waals surface area contributed by atoms with Crippen LogP contribution in [0.5, 0.6) is 0 Å². The van der Waals surface area contributed by atoms with E-state index < -0.39 is 0 Å². The fraction of sp³-hybridized carbons (Fsp3) is 0.267. The predicted octanol–water partition coefficient (Wildman–Crippen LogP) is 2.78. The van der Waals surface area contributed by atoms with Crippen molar-refractivity contribution in [3.8, 4) is 23.6 Å². The Morgan fingerprint density at radius 2 is 2.05 bits per heavy atom. The highest BCUT2D eigenvalue weighted by atomic mass is 19.1. The summed E-state index contributed by atoms with van der Waals surface area (Å²) >= 11 is 0. The van der Waals surface area contributed by atoms with Crippen molar-refractivity contribution in [1.82, 2.24) is 9.55 Å². The lowest BCUT2D eigenvalue weighted by Crippen LogP contribution is -2.05. The quantitative estimate of drug-likeness (QED) is 0.857. The lowest BCUT2D eigenvalue weighted by molar-refractivity contribution is 0.628. The van der Waals surface area contributed by atoms with E-state index >= 15 is 0 Å². The number of nitrogens with two attached hydrogens (primary N) is 1. The number of nitrogens with zero attached hydrogens (tertiary/aromatic N) is 2. The van der Waals surface area contributed by atoms with E-state index in [4.69, 9.17) is 12.2 Å². The number of terminal acetylenes is 1. The number of hydrogen-bond acceptors (Lipinski definition) is 2. The van der Waals surface area contributed by atoms with Crippen LogP contribution < -0.4 is 5.73 Å². The summed E-state index contributed by atoms with van der Waals surface area (Å²) in [6.45, 7) is 0.422. The minimum Gasteiger partial charge on any atom is -0.383 e. The van der Waals surface area contributed by atoms with Crippen LogP contribution in [0, 0.1) is 18.2 Å². The van der Waals surface area contributed by atoms with Crippen molar-refractivity contribution in [2.75, 3.05) is 5.73 Å². The Balaban J connectivity index is 2.09. The number of halogens is 1. The summed E-state index contributed by atoms with van der Waals surface area (Å²) in [5.41, 5.74) is 7.65. The minimum absolute atomic E-state index is 0.271. The molecule has 2 N–H and O–H groups in total. The molecular weight excluding hydrogens is 241 g/mol. The Kier molecular flexibility index (Phi) is 2.75. The molecule has 0 saturated heterocycles. The third-order valence-corrected chi connectivity index (χ3v) is 3.35. The summed E-state index contributed by atoms with van der Waals surface area (Å²) in [4.78, 5) is 4.61. The van der Waals surface area contributed by atoms with Gasteiger partial charge in [0.05, 0.1) is 6.54 Å². The van der Waals surface area contributed by atoms with Crippen molar-refractivity contribution < 1.29 is 4.39 Å². The smallest absolute Gasteiger partial charge is 0.132 e. The van der Waals surface area contributed by atoms with Gasteiger partial charge in [-0.2, -0.15) is 0 Å². The Bertz CT molecular complexity index is 645. The highest BCUT2D eigenvalue weighted by Crippen LogP contribution is 2.42. The summed E-state index contributed by atoms with van der Waals surface area (Å²) in [6, 6.07) is 6.19. The third-order valence-electron chi connectivity index (χ3n) is 3.35. The first kappa shape index (κ1) is 11.8. The van der Waals surface area contributed by atoms with Gasteiger partial charge in [-0.3, -0.25) is 0 Å². The van der Waals surface area contributed by atoms with E-state index in [1.807, 2.05) is 4.57 Å². The van der Waals surface area contributed by atoms with Crippen molar-refractivity contribution in [3.05, 3.63) is 35.9 Å². The summed E-state index contributed by atoms with van der Waals surface area (Å²) in [6.07, 6.45) is 7.64. The molecular formula is C15H14FN3. The zero-order valence-corrected chi connectivity index (χ0v) is 10.4. The normalized spacial score (nSPS) is 14.3. The van der Waals surface area contributed by atoms with Crippen molar-refractivity contribution in [2.24, 2.45) is 0 Å². The number of anilines is 1. The number of imidazole rings is 1. The highest BCUT2D eigenvalue weighted by Gasteiger charge is 2.30. The summed E-state index contributed by atoms with van der Waals surface area (Å²) in [5, 5.41) is 0. The van der Waals surface area contributed by atoms with Gasteiger partial charge in [-0.25, -0.2) is 9.37 Å². The molecule has 96 valence electrons.